The van der Waals surface area contributed by atoms with Gasteiger partial charge in [-0.1, -0.05) is 6.42 Å². The summed E-state index contributed by atoms with van der Waals surface area (Å²) in [5.41, 5.74) is 0. The van der Waals surface area contributed by atoms with Crippen molar-refractivity contribution in [3.05, 3.63) is 0 Å². The van der Waals surface area contributed by atoms with E-state index in [1.165, 1.54) is 6.42 Å². The molecule has 1 aliphatic rings. The Morgan fingerprint density at radius 3 is 2.17 bits per heavy atom. The standard InChI is InChI=1S/C7H12F3N.ClH/c8-7(9,10)5-11-4-6-2-1-3-6;/h6,11H,1-5H2;1H. The zero-order chi connectivity index (χ0) is 8.32. The van der Waals surface area contributed by atoms with Crippen LogP contribution in [0.5, 0.6) is 0 Å². The monoisotopic (exact) mass is 203 g/mol. The largest absolute Gasteiger partial charge is 0.401 e. The van der Waals surface area contributed by atoms with Gasteiger partial charge in [-0.25, -0.2) is 0 Å². The molecule has 0 amide bonds. The van der Waals surface area contributed by atoms with Gasteiger partial charge in [-0.2, -0.15) is 13.2 Å². The third-order valence-electron chi connectivity index (χ3n) is 1.98. The highest BCUT2D eigenvalue weighted by atomic mass is 35.5. The average molecular weight is 204 g/mol. The van der Waals surface area contributed by atoms with E-state index in [1.807, 2.05) is 0 Å². The Morgan fingerprint density at radius 1 is 1.25 bits per heavy atom. The van der Waals surface area contributed by atoms with Crippen LogP contribution in [0.15, 0.2) is 0 Å². The molecule has 0 saturated heterocycles. The van der Waals surface area contributed by atoms with Crippen molar-refractivity contribution >= 4 is 12.4 Å². The van der Waals surface area contributed by atoms with Gasteiger partial charge < -0.3 is 5.32 Å². The van der Waals surface area contributed by atoms with Gasteiger partial charge in [0.2, 0.25) is 0 Å². The van der Waals surface area contributed by atoms with E-state index in [4.69, 9.17) is 0 Å². The Kier molecular flexibility index (Phi) is 4.94. The van der Waals surface area contributed by atoms with Crippen LogP contribution < -0.4 is 5.32 Å². The quantitative estimate of drug-likeness (QED) is 0.743. The maximum absolute atomic E-state index is 11.6. The summed E-state index contributed by atoms with van der Waals surface area (Å²) >= 11 is 0. The molecular formula is C7H13ClF3N. The lowest BCUT2D eigenvalue weighted by Gasteiger charge is -2.25. The maximum atomic E-state index is 11.6. The molecule has 0 aromatic rings. The summed E-state index contributed by atoms with van der Waals surface area (Å²) in [7, 11) is 0. The number of halogens is 4. The predicted octanol–water partition coefficient (Wildman–Crippen LogP) is 2.36. The van der Waals surface area contributed by atoms with Crippen molar-refractivity contribution in [2.45, 2.75) is 25.4 Å². The average Bonchev–Trinajstić information content (AvgIpc) is 1.73. The molecule has 0 radical (unpaired) electrons. The Hall–Kier alpha value is 0.0400. The van der Waals surface area contributed by atoms with E-state index >= 15 is 0 Å². The first-order chi connectivity index (χ1) is 5.08. The van der Waals surface area contributed by atoms with Crippen molar-refractivity contribution in [3.8, 4) is 0 Å². The zero-order valence-electron chi connectivity index (χ0n) is 6.66. The summed E-state index contributed by atoms with van der Waals surface area (Å²) in [6, 6.07) is 0. The van der Waals surface area contributed by atoms with Crippen LogP contribution in [0.3, 0.4) is 0 Å². The topological polar surface area (TPSA) is 12.0 Å². The molecule has 1 fully saturated rings. The van der Waals surface area contributed by atoms with Gasteiger partial charge in [0.25, 0.3) is 0 Å². The van der Waals surface area contributed by atoms with Gasteiger partial charge in [0.05, 0.1) is 6.54 Å². The van der Waals surface area contributed by atoms with E-state index in [9.17, 15) is 13.2 Å². The van der Waals surface area contributed by atoms with Crippen LogP contribution in [0.1, 0.15) is 19.3 Å². The Labute approximate surface area is 76.1 Å². The highest BCUT2D eigenvalue weighted by Crippen LogP contribution is 2.25. The lowest BCUT2D eigenvalue weighted by atomic mass is 9.85. The third-order valence-corrected chi connectivity index (χ3v) is 1.98. The summed E-state index contributed by atoms with van der Waals surface area (Å²) in [6.07, 6.45) is -0.697. The SMILES string of the molecule is Cl.FC(F)(F)CNCC1CCC1. The molecule has 1 saturated carbocycles. The van der Waals surface area contributed by atoms with Gasteiger partial charge in [-0.3, -0.25) is 0 Å². The number of hydrogen-bond donors (Lipinski definition) is 1. The summed E-state index contributed by atoms with van der Waals surface area (Å²) in [5.74, 6) is 0.498. The van der Waals surface area contributed by atoms with Crippen molar-refractivity contribution in [1.29, 1.82) is 0 Å². The summed E-state index contributed by atoms with van der Waals surface area (Å²) in [5, 5.41) is 2.40. The molecule has 0 aromatic carbocycles. The molecule has 0 unspecified atom stereocenters. The summed E-state index contributed by atoms with van der Waals surface area (Å²) < 4.78 is 34.7. The minimum absolute atomic E-state index is 0. The molecule has 1 N–H and O–H groups in total. The fourth-order valence-corrected chi connectivity index (χ4v) is 1.11. The zero-order valence-corrected chi connectivity index (χ0v) is 7.47. The first-order valence-corrected chi connectivity index (χ1v) is 3.85. The van der Waals surface area contributed by atoms with E-state index in [1.54, 1.807) is 0 Å². The van der Waals surface area contributed by atoms with E-state index in [0.717, 1.165) is 12.8 Å². The summed E-state index contributed by atoms with van der Waals surface area (Å²) in [4.78, 5) is 0. The van der Waals surface area contributed by atoms with Crippen LogP contribution in [0.2, 0.25) is 0 Å². The second-order valence-corrected chi connectivity index (χ2v) is 3.04. The molecule has 74 valence electrons. The van der Waals surface area contributed by atoms with E-state index < -0.39 is 12.7 Å². The molecule has 0 aliphatic heterocycles. The van der Waals surface area contributed by atoms with E-state index in [-0.39, 0.29) is 12.4 Å². The van der Waals surface area contributed by atoms with Crippen molar-refractivity contribution in [2.75, 3.05) is 13.1 Å². The van der Waals surface area contributed by atoms with Gasteiger partial charge >= 0.3 is 6.18 Å². The van der Waals surface area contributed by atoms with Crippen LogP contribution in [-0.4, -0.2) is 19.3 Å². The van der Waals surface area contributed by atoms with Gasteiger partial charge in [0, 0.05) is 0 Å². The van der Waals surface area contributed by atoms with Crippen LogP contribution in [0.25, 0.3) is 0 Å². The van der Waals surface area contributed by atoms with Gasteiger partial charge in [0.1, 0.15) is 0 Å². The molecule has 0 heterocycles. The number of alkyl halides is 3. The van der Waals surface area contributed by atoms with Gasteiger partial charge in [0.15, 0.2) is 0 Å². The molecule has 5 heteroatoms. The molecule has 0 bridgehead atoms. The fraction of sp³-hybridized carbons (Fsp3) is 1.00. The minimum atomic E-state index is -4.05. The van der Waals surface area contributed by atoms with E-state index in [0.29, 0.717) is 12.5 Å². The Morgan fingerprint density at radius 2 is 1.83 bits per heavy atom. The highest BCUT2D eigenvalue weighted by Gasteiger charge is 2.27. The van der Waals surface area contributed by atoms with Crippen molar-refractivity contribution in [2.24, 2.45) is 5.92 Å². The van der Waals surface area contributed by atoms with Gasteiger partial charge in [-0.15, -0.1) is 12.4 Å². The second kappa shape index (κ2) is 4.92. The molecule has 0 spiro atoms. The molecular weight excluding hydrogens is 191 g/mol. The molecule has 1 aliphatic carbocycles. The normalized spacial score (nSPS) is 18.2. The Balaban J connectivity index is 0.00000121. The van der Waals surface area contributed by atoms with E-state index in [2.05, 4.69) is 5.32 Å². The fourth-order valence-electron chi connectivity index (χ4n) is 1.11. The van der Waals surface area contributed by atoms with Crippen LogP contribution in [0, 0.1) is 5.92 Å². The number of nitrogens with one attached hydrogen (secondary N) is 1. The number of rotatable bonds is 3. The molecule has 0 atom stereocenters. The van der Waals surface area contributed by atoms with Crippen LogP contribution in [0.4, 0.5) is 13.2 Å². The molecule has 0 aromatic heterocycles. The smallest absolute Gasteiger partial charge is 0.308 e. The predicted molar refractivity (Wildman–Crippen MR) is 43.5 cm³/mol. The second-order valence-electron chi connectivity index (χ2n) is 3.04. The van der Waals surface area contributed by atoms with Crippen molar-refractivity contribution < 1.29 is 13.2 Å². The van der Waals surface area contributed by atoms with Crippen molar-refractivity contribution in [3.63, 3.8) is 0 Å². The maximum Gasteiger partial charge on any atom is 0.401 e. The van der Waals surface area contributed by atoms with Crippen molar-refractivity contribution in [1.82, 2.24) is 5.32 Å². The lowest BCUT2D eigenvalue weighted by molar-refractivity contribution is -0.125. The summed E-state index contributed by atoms with van der Waals surface area (Å²) in [6.45, 7) is -0.316. The minimum Gasteiger partial charge on any atom is -0.308 e. The van der Waals surface area contributed by atoms with Gasteiger partial charge in [-0.05, 0) is 25.3 Å². The number of hydrogen-bond acceptors (Lipinski definition) is 1. The van der Waals surface area contributed by atoms with Crippen LogP contribution in [-0.2, 0) is 0 Å². The molecule has 12 heavy (non-hydrogen) atoms. The first kappa shape index (κ1) is 12.0. The molecule has 1 nitrogen and oxygen atoms in total. The first-order valence-electron chi connectivity index (χ1n) is 3.85. The third kappa shape index (κ3) is 4.83. The highest BCUT2D eigenvalue weighted by molar-refractivity contribution is 5.85. The Bertz CT molecular complexity index is 122. The molecule has 1 rings (SSSR count). The lowest BCUT2D eigenvalue weighted by Crippen LogP contribution is -2.34. The van der Waals surface area contributed by atoms with Crippen LogP contribution >= 0.6 is 12.4 Å².